The molecular formula is C11H11ClN2. The average Bonchev–Trinajstić information content (AvgIpc) is 2.45. The maximum atomic E-state index is 6.05. The molecule has 2 nitrogen and oxygen atoms in total. The van der Waals surface area contributed by atoms with Crippen molar-refractivity contribution in [3.05, 3.63) is 41.3 Å². The lowest BCUT2D eigenvalue weighted by Crippen LogP contribution is -1.83. The minimum atomic E-state index is 0.559. The summed E-state index contributed by atoms with van der Waals surface area (Å²) in [5, 5.41) is 1.58. The van der Waals surface area contributed by atoms with Crippen LogP contribution < -0.4 is 0 Å². The monoisotopic (exact) mass is 206 g/mol. The molecule has 0 amide bonds. The van der Waals surface area contributed by atoms with Crippen molar-refractivity contribution >= 4 is 22.5 Å². The number of aromatic amines is 1. The average molecular weight is 207 g/mol. The van der Waals surface area contributed by atoms with Crippen molar-refractivity contribution in [2.24, 2.45) is 0 Å². The quantitative estimate of drug-likeness (QED) is 0.593. The van der Waals surface area contributed by atoms with Gasteiger partial charge in [-0.3, -0.25) is 0 Å². The van der Waals surface area contributed by atoms with Crippen LogP contribution in [0.3, 0.4) is 0 Å². The molecule has 14 heavy (non-hydrogen) atoms. The lowest BCUT2D eigenvalue weighted by atomic mass is 10.1. The molecule has 2 heterocycles. The van der Waals surface area contributed by atoms with Gasteiger partial charge in [0, 0.05) is 17.3 Å². The summed E-state index contributed by atoms with van der Waals surface area (Å²) in [4.78, 5) is 7.36. The molecule has 2 aromatic heterocycles. The van der Waals surface area contributed by atoms with E-state index in [2.05, 4.69) is 16.5 Å². The summed E-state index contributed by atoms with van der Waals surface area (Å²) in [6.07, 6.45) is 4.40. The first-order chi connectivity index (χ1) is 6.74. The lowest BCUT2D eigenvalue weighted by molar-refractivity contribution is 1.19. The van der Waals surface area contributed by atoms with E-state index in [1.807, 2.05) is 19.1 Å². The predicted octanol–water partition coefficient (Wildman–Crippen LogP) is 3.25. The molecule has 0 saturated heterocycles. The maximum Gasteiger partial charge on any atom is 0.138 e. The van der Waals surface area contributed by atoms with E-state index in [0.717, 1.165) is 23.0 Å². The van der Waals surface area contributed by atoms with Gasteiger partial charge in [-0.25, -0.2) is 4.98 Å². The third-order valence-electron chi connectivity index (χ3n) is 2.33. The number of rotatable bonds is 2. The second-order valence-corrected chi connectivity index (χ2v) is 3.60. The molecule has 0 radical (unpaired) electrons. The highest BCUT2D eigenvalue weighted by Gasteiger charge is 2.10. The standard InChI is InChI=1S/C11H11ClN2/c1-3-4-8-7(2)14-9-5-6-13-11(12)10(8)9/h3,5-6,14H,1,4H2,2H3. The lowest BCUT2D eigenvalue weighted by Gasteiger charge is -1.97. The third-order valence-corrected chi connectivity index (χ3v) is 2.62. The molecule has 72 valence electrons. The van der Waals surface area contributed by atoms with Crippen molar-refractivity contribution in [2.45, 2.75) is 13.3 Å². The summed E-state index contributed by atoms with van der Waals surface area (Å²) >= 11 is 6.05. The number of nitrogens with zero attached hydrogens (tertiary/aromatic N) is 1. The minimum absolute atomic E-state index is 0.559. The van der Waals surface area contributed by atoms with E-state index in [-0.39, 0.29) is 0 Å². The van der Waals surface area contributed by atoms with Gasteiger partial charge >= 0.3 is 0 Å². The van der Waals surface area contributed by atoms with Gasteiger partial charge in [-0.05, 0) is 25.0 Å². The Morgan fingerprint density at radius 1 is 1.64 bits per heavy atom. The zero-order valence-corrected chi connectivity index (χ0v) is 8.73. The fraction of sp³-hybridized carbons (Fsp3) is 0.182. The van der Waals surface area contributed by atoms with Crippen LogP contribution in [0.25, 0.3) is 10.9 Å². The first-order valence-electron chi connectivity index (χ1n) is 4.46. The van der Waals surface area contributed by atoms with E-state index in [4.69, 9.17) is 11.6 Å². The molecule has 0 bridgehead atoms. The SMILES string of the molecule is C=CCc1c(C)[nH]c2ccnc(Cl)c12. The molecule has 0 aliphatic heterocycles. The van der Waals surface area contributed by atoms with Gasteiger partial charge < -0.3 is 4.98 Å². The van der Waals surface area contributed by atoms with Crippen LogP contribution >= 0.6 is 11.6 Å². The minimum Gasteiger partial charge on any atom is -0.358 e. The summed E-state index contributed by atoms with van der Waals surface area (Å²) in [6, 6.07) is 1.93. The molecular weight excluding hydrogens is 196 g/mol. The van der Waals surface area contributed by atoms with Crippen molar-refractivity contribution in [1.82, 2.24) is 9.97 Å². The molecule has 2 aromatic rings. The number of aryl methyl sites for hydroxylation is 1. The van der Waals surface area contributed by atoms with Crippen LogP contribution in [0.4, 0.5) is 0 Å². The first-order valence-corrected chi connectivity index (χ1v) is 4.84. The van der Waals surface area contributed by atoms with Crippen LogP contribution in [0.2, 0.25) is 5.15 Å². The molecule has 0 atom stereocenters. The number of H-pyrrole nitrogens is 1. The fourth-order valence-corrected chi connectivity index (χ4v) is 1.96. The topological polar surface area (TPSA) is 28.7 Å². The second kappa shape index (κ2) is 3.46. The number of allylic oxidation sites excluding steroid dienone is 1. The van der Waals surface area contributed by atoms with E-state index in [1.165, 1.54) is 5.56 Å². The van der Waals surface area contributed by atoms with Gasteiger partial charge in [0.1, 0.15) is 5.15 Å². The Morgan fingerprint density at radius 3 is 3.14 bits per heavy atom. The number of halogens is 1. The third kappa shape index (κ3) is 1.32. The van der Waals surface area contributed by atoms with Crippen molar-refractivity contribution < 1.29 is 0 Å². The fourth-order valence-electron chi connectivity index (χ4n) is 1.69. The number of fused-ring (bicyclic) bond motifs is 1. The summed E-state index contributed by atoms with van der Waals surface area (Å²) < 4.78 is 0. The molecule has 3 heteroatoms. The smallest absolute Gasteiger partial charge is 0.138 e. The Labute approximate surface area is 87.6 Å². The molecule has 0 aromatic carbocycles. The normalized spacial score (nSPS) is 10.7. The van der Waals surface area contributed by atoms with Crippen molar-refractivity contribution in [2.75, 3.05) is 0 Å². The van der Waals surface area contributed by atoms with Gasteiger partial charge in [0.25, 0.3) is 0 Å². The molecule has 1 N–H and O–H groups in total. The van der Waals surface area contributed by atoms with E-state index >= 15 is 0 Å². The highest BCUT2D eigenvalue weighted by Crippen LogP contribution is 2.27. The Morgan fingerprint density at radius 2 is 2.43 bits per heavy atom. The molecule has 0 fully saturated rings. The molecule has 0 saturated carbocycles. The van der Waals surface area contributed by atoms with Crippen LogP contribution in [-0.2, 0) is 6.42 Å². The zero-order chi connectivity index (χ0) is 10.1. The van der Waals surface area contributed by atoms with E-state index in [0.29, 0.717) is 5.15 Å². The number of nitrogens with one attached hydrogen (secondary N) is 1. The summed E-state index contributed by atoms with van der Waals surface area (Å²) in [7, 11) is 0. The molecule has 0 aliphatic carbocycles. The Kier molecular flexibility index (Phi) is 2.30. The number of aromatic nitrogens is 2. The van der Waals surface area contributed by atoms with Crippen molar-refractivity contribution in [3.8, 4) is 0 Å². The van der Waals surface area contributed by atoms with Crippen LogP contribution in [0.15, 0.2) is 24.9 Å². The summed E-state index contributed by atoms with van der Waals surface area (Å²) in [6.45, 7) is 5.77. The van der Waals surface area contributed by atoms with Gasteiger partial charge in [0.05, 0.1) is 5.52 Å². The highest BCUT2D eigenvalue weighted by atomic mass is 35.5. The predicted molar refractivity (Wildman–Crippen MR) is 59.7 cm³/mol. The molecule has 0 spiro atoms. The van der Waals surface area contributed by atoms with Crippen molar-refractivity contribution in [1.29, 1.82) is 0 Å². The highest BCUT2D eigenvalue weighted by molar-refractivity contribution is 6.34. The Balaban J connectivity index is 2.79. The largest absolute Gasteiger partial charge is 0.358 e. The van der Waals surface area contributed by atoms with Crippen molar-refractivity contribution in [3.63, 3.8) is 0 Å². The molecule has 0 aliphatic rings. The van der Waals surface area contributed by atoms with E-state index < -0.39 is 0 Å². The van der Waals surface area contributed by atoms with Crippen LogP contribution in [0, 0.1) is 6.92 Å². The van der Waals surface area contributed by atoms with Crippen LogP contribution in [0.5, 0.6) is 0 Å². The number of pyridine rings is 1. The Hall–Kier alpha value is -1.28. The second-order valence-electron chi connectivity index (χ2n) is 3.25. The van der Waals surface area contributed by atoms with Gasteiger partial charge in [0.2, 0.25) is 0 Å². The first kappa shape index (κ1) is 9.28. The number of hydrogen-bond donors (Lipinski definition) is 1. The molecule has 2 rings (SSSR count). The summed E-state index contributed by atoms with van der Waals surface area (Å²) in [5.74, 6) is 0. The maximum absolute atomic E-state index is 6.05. The van der Waals surface area contributed by atoms with E-state index in [1.54, 1.807) is 6.20 Å². The Bertz CT molecular complexity index is 485. The van der Waals surface area contributed by atoms with Gasteiger partial charge in [-0.1, -0.05) is 17.7 Å². The van der Waals surface area contributed by atoms with Gasteiger partial charge in [-0.15, -0.1) is 6.58 Å². The van der Waals surface area contributed by atoms with Gasteiger partial charge in [0.15, 0.2) is 0 Å². The van der Waals surface area contributed by atoms with E-state index in [9.17, 15) is 0 Å². The zero-order valence-electron chi connectivity index (χ0n) is 7.97. The number of hydrogen-bond acceptors (Lipinski definition) is 1. The van der Waals surface area contributed by atoms with Crippen LogP contribution in [-0.4, -0.2) is 9.97 Å². The van der Waals surface area contributed by atoms with Gasteiger partial charge in [-0.2, -0.15) is 0 Å². The van der Waals surface area contributed by atoms with Crippen LogP contribution in [0.1, 0.15) is 11.3 Å². The molecule has 0 unspecified atom stereocenters. The summed E-state index contributed by atoms with van der Waals surface area (Å²) in [5.41, 5.74) is 3.36.